The molecule has 7 nitrogen and oxygen atoms in total. The third kappa shape index (κ3) is 2.29. The Morgan fingerprint density at radius 2 is 2.32 bits per heavy atom. The number of methoxy groups -OCH3 is 1. The number of nitrogens with zero attached hydrogens (tertiary/aromatic N) is 2. The van der Waals surface area contributed by atoms with Gasteiger partial charge in [0.05, 0.1) is 18.2 Å². The minimum absolute atomic E-state index is 0.280. The summed E-state index contributed by atoms with van der Waals surface area (Å²) in [4.78, 5) is 37.5. The summed E-state index contributed by atoms with van der Waals surface area (Å²) in [6.45, 7) is 3.71. The minimum atomic E-state index is -0.463. The molecule has 116 valence electrons. The number of rotatable bonds is 3. The zero-order valence-electron chi connectivity index (χ0n) is 12.4. The zero-order chi connectivity index (χ0) is 15.9. The van der Waals surface area contributed by atoms with Crippen molar-refractivity contribution in [2.45, 2.75) is 32.8 Å². The lowest BCUT2D eigenvalue weighted by Gasteiger charge is -2.06. The molecular weight excluding hydrogens is 306 g/mol. The molecule has 0 saturated carbocycles. The lowest BCUT2D eigenvalue weighted by atomic mass is 10.1. The Bertz CT molecular complexity index is 836. The molecule has 0 bridgehead atoms. The van der Waals surface area contributed by atoms with Crippen LogP contribution in [0.1, 0.15) is 46.9 Å². The van der Waals surface area contributed by atoms with Crippen LogP contribution in [-0.2, 0) is 9.57 Å². The fourth-order valence-electron chi connectivity index (χ4n) is 2.38. The van der Waals surface area contributed by atoms with Crippen LogP contribution in [0.5, 0.6) is 0 Å². The average molecular weight is 321 g/mol. The molecule has 8 heteroatoms. The van der Waals surface area contributed by atoms with E-state index < -0.39 is 5.97 Å². The van der Waals surface area contributed by atoms with E-state index in [4.69, 9.17) is 9.57 Å². The number of H-pyrrole nitrogens is 1. The van der Waals surface area contributed by atoms with Gasteiger partial charge in [0, 0.05) is 6.42 Å². The first-order valence-corrected chi connectivity index (χ1v) is 7.70. The first-order chi connectivity index (χ1) is 10.5. The van der Waals surface area contributed by atoms with Gasteiger partial charge >= 0.3 is 5.97 Å². The largest absolute Gasteiger partial charge is 0.465 e. The Morgan fingerprint density at radius 3 is 2.95 bits per heavy atom. The molecule has 0 saturated heterocycles. The molecule has 1 atom stereocenters. The molecule has 1 N–H and O–H groups in total. The van der Waals surface area contributed by atoms with Crippen LogP contribution in [-0.4, -0.2) is 28.8 Å². The number of oxime groups is 1. The van der Waals surface area contributed by atoms with Crippen LogP contribution < -0.4 is 5.56 Å². The Balaban J connectivity index is 2.06. The average Bonchev–Trinajstić information content (AvgIpc) is 3.11. The summed E-state index contributed by atoms with van der Waals surface area (Å²) in [5, 5.41) is 4.39. The Kier molecular flexibility index (Phi) is 3.69. The van der Waals surface area contributed by atoms with Crippen molar-refractivity contribution in [3.63, 3.8) is 0 Å². The highest BCUT2D eigenvalue weighted by molar-refractivity contribution is 7.20. The first kappa shape index (κ1) is 14.7. The van der Waals surface area contributed by atoms with Crippen LogP contribution in [0.4, 0.5) is 0 Å². The predicted molar refractivity (Wildman–Crippen MR) is 82.5 cm³/mol. The van der Waals surface area contributed by atoms with Crippen molar-refractivity contribution in [3.05, 3.63) is 26.6 Å². The van der Waals surface area contributed by atoms with Gasteiger partial charge in [-0.2, -0.15) is 0 Å². The number of aromatic amines is 1. The summed E-state index contributed by atoms with van der Waals surface area (Å²) in [6, 6.07) is 0. The SMILES string of the molecule is CCC1=NO[C@@H](c2nc3sc(C(=O)OC)c(C)c3c(=O)[nH]2)C1. The van der Waals surface area contributed by atoms with Crippen molar-refractivity contribution in [1.82, 2.24) is 9.97 Å². The summed E-state index contributed by atoms with van der Waals surface area (Å²) < 4.78 is 4.73. The van der Waals surface area contributed by atoms with Gasteiger partial charge in [-0.1, -0.05) is 12.1 Å². The predicted octanol–water partition coefficient (Wildman–Crippen LogP) is 2.31. The van der Waals surface area contributed by atoms with E-state index in [0.717, 1.165) is 23.5 Å². The van der Waals surface area contributed by atoms with E-state index in [0.29, 0.717) is 32.9 Å². The van der Waals surface area contributed by atoms with Gasteiger partial charge in [-0.25, -0.2) is 9.78 Å². The van der Waals surface area contributed by atoms with E-state index in [1.807, 2.05) is 6.92 Å². The highest BCUT2D eigenvalue weighted by Crippen LogP contribution is 2.30. The van der Waals surface area contributed by atoms with Gasteiger partial charge in [0.2, 0.25) is 0 Å². The Hall–Kier alpha value is -2.22. The highest BCUT2D eigenvalue weighted by atomic mass is 32.1. The molecule has 0 aliphatic carbocycles. The minimum Gasteiger partial charge on any atom is -0.465 e. The van der Waals surface area contributed by atoms with E-state index in [-0.39, 0.29) is 11.7 Å². The third-order valence-electron chi connectivity index (χ3n) is 3.63. The van der Waals surface area contributed by atoms with Crippen molar-refractivity contribution in [2.75, 3.05) is 7.11 Å². The van der Waals surface area contributed by atoms with Crippen LogP contribution in [0.2, 0.25) is 0 Å². The van der Waals surface area contributed by atoms with Crippen LogP contribution in [0.25, 0.3) is 10.2 Å². The molecule has 22 heavy (non-hydrogen) atoms. The number of thiophene rings is 1. The fourth-order valence-corrected chi connectivity index (χ4v) is 3.49. The van der Waals surface area contributed by atoms with E-state index in [2.05, 4.69) is 15.1 Å². The summed E-state index contributed by atoms with van der Waals surface area (Å²) in [6.07, 6.45) is 1.03. The normalized spacial score (nSPS) is 17.4. The number of carbonyl (C=O) groups is 1. The molecular formula is C14H15N3O4S. The molecule has 3 rings (SSSR count). The molecule has 3 heterocycles. The number of aryl methyl sites for hydroxylation is 1. The van der Waals surface area contributed by atoms with Gasteiger partial charge in [-0.3, -0.25) is 4.79 Å². The quantitative estimate of drug-likeness (QED) is 0.876. The number of esters is 1. The van der Waals surface area contributed by atoms with Crippen LogP contribution in [0.3, 0.4) is 0 Å². The van der Waals surface area contributed by atoms with Crippen molar-refractivity contribution >= 4 is 33.2 Å². The van der Waals surface area contributed by atoms with Gasteiger partial charge in [-0.15, -0.1) is 11.3 Å². The van der Waals surface area contributed by atoms with Crippen molar-refractivity contribution in [1.29, 1.82) is 0 Å². The maximum absolute atomic E-state index is 12.3. The number of carbonyl (C=O) groups excluding carboxylic acids is 1. The summed E-state index contributed by atoms with van der Waals surface area (Å²) in [7, 11) is 1.31. The van der Waals surface area contributed by atoms with E-state index in [9.17, 15) is 9.59 Å². The highest BCUT2D eigenvalue weighted by Gasteiger charge is 2.26. The molecule has 0 unspecified atom stereocenters. The van der Waals surface area contributed by atoms with Gasteiger partial charge < -0.3 is 14.6 Å². The van der Waals surface area contributed by atoms with Crippen molar-refractivity contribution < 1.29 is 14.4 Å². The van der Waals surface area contributed by atoms with Gasteiger partial charge in [0.1, 0.15) is 9.71 Å². The first-order valence-electron chi connectivity index (χ1n) is 6.88. The van der Waals surface area contributed by atoms with E-state index in [1.165, 1.54) is 7.11 Å². The number of nitrogens with one attached hydrogen (secondary N) is 1. The smallest absolute Gasteiger partial charge is 0.348 e. The van der Waals surface area contributed by atoms with Crippen LogP contribution in [0, 0.1) is 6.92 Å². The molecule has 0 fully saturated rings. The molecule has 0 aromatic carbocycles. The summed E-state index contributed by atoms with van der Waals surface area (Å²) in [5.41, 5.74) is 1.24. The molecule has 0 radical (unpaired) electrons. The van der Waals surface area contributed by atoms with E-state index >= 15 is 0 Å². The topological polar surface area (TPSA) is 93.6 Å². The Morgan fingerprint density at radius 1 is 1.55 bits per heavy atom. The lowest BCUT2D eigenvalue weighted by molar-refractivity contribution is 0.0605. The van der Waals surface area contributed by atoms with E-state index in [1.54, 1.807) is 6.92 Å². The zero-order valence-corrected chi connectivity index (χ0v) is 13.2. The third-order valence-corrected chi connectivity index (χ3v) is 4.80. The number of aromatic nitrogens is 2. The second-order valence-corrected chi connectivity index (χ2v) is 5.99. The summed E-state index contributed by atoms with van der Waals surface area (Å²) in [5.74, 6) is -0.0301. The van der Waals surface area contributed by atoms with Crippen molar-refractivity contribution in [3.8, 4) is 0 Å². The second-order valence-electron chi connectivity index (χ2n) is 4.99. The second kappa shape index (κ2) is 5.53. The molecule has 0 spiro atoms. The molecule has 1 aliphatic heterocycles. The van der Waals surface area contributed by atoms with Crippen LogP contribution >= 0.6 is 11.3 Å². The molecule has 0 amide bonds. The standard InChI is InChI=1S/C14H15N3O4S/c1-4-7-5-8(21-17-7)11-15-12(18)9-6(2)10(14(19)20-3)22-13(9)16-11/h8H,4-5H2,1-3H3,(H,15,16,18)/t8-/m1/s1. The van der Waals surface area contributed by atoms with Gasteiger partial charge in [0.25, 0.3) is 5.56 Å². The van der Waals surface area contributed by atoms with Crippen molar-refractivity contribution in [2.24, 2.45) is 5.16 Å². The number of fused-ring (bicyclic) bond motifs is 1. The molecule has 1 aliphatic rings. The monoisotopic (exact) mass is 321 g/mol. The van der Waals surface area contributed by atoms with Crippen LogP contribution in [0.15, 0.2) is 9.95 Å². The maximum Gasteiger partial charge on any atom is 0.348 e. The molecule has 2 aromatic rings. The maximum atomic E-state index is 12.3. The number of hydrogen-bond acceptors (Lipinski definition) is 7. The lowest BCUT2D eigenvalue weighted by Crippen LogP contribution is -2.15. The van der Waals surface area contributed by atoms with Gasteiger partial charge in [0.15, 0.2) is 11.9 Å². The molecule has 2 aromatic heterocycles. The van der Waals surface area contributed by atoms with Gasteiger partial charge in [-0.05, 0) is 18.9 Å². The number of ether oxygens (including phenoxy) is 1. The Labute approximate surface area is 130 Å². The fraction of sp³-hybridized carbons (Fsp3) is 0.429. The summed E-state index contributed by atoms with van der Waals surface area (Å²) >= 11 is 1.15. The number of hydrogen-bond donors (Lipinski definition) is 1.